The van der Waals surface area contributed by atoms with Crippen LogP contribution in [0.25, 0.3) is 0 Å². The van der Waals surface area contributed by atoms with E-state index < -0.39 is 71.4 Å². The Bertz CT molecular complexity index is 2830. The van der Waals surface area contributed by atoms with Crippen molar-refractivity contribution in [2.45, 2.75) is 101 Å². The van der Waals surface area contributed by atoms with Crippen LogP contribution < -0.4 is 90.6 Å². The van der Waals surface area contributed by atoms with Gasteiger partial charge in [0.1, 0.15) is 41.1 Å². The minimum absolute atomic E-state index is 0. The zero-order valence-corrected chi connectivity index (χ0v) is 52.5. The van der Waals surface area contributed by atoms with Crippen LogP contribution in [0.5, 0.6) is 23.0 Å². The van der Waals surface area contributed by atoms with Crippen LogP contribution in [-0.2, 0) is 19.2 Å². The topological polar surface area (TPSA) is 414 Å². The highest BCUT2D eigenvalue weighted by Crippen LogP contribution is 2.28. The zero-order valence-electron chi connectivity index (χ0n) is 48.5. The van der Waals surface area contributed by atoms with E-state index in [1.165, 1.54) is 95.2 Å². The van der Waals surface area contributed by atoms with Crippen LogP contribution in [0.1, 0.15) is 118 Å². The molecule has 4 atom stereocenters. The Kier molecular flexibility index (Phi) is 40.4. The van der Waals surface area contributed by atoms with Crippen molar-refractivity contribution < 1.29 is 57.3 Å². The van der Waals surface area contributed by atoms with Crippen LogP contribution in [-0.4, -0.2) is 126 Å². The van der Waals surface area contributed by atoms with Crippen LogP contribution in [0.2, 0.25) is 0 Å². The number of hydrogen-bond donors (Lipinski definition) is 13. The maximum Gasteiger partial charge on any atom is 0.255 e. The van der Waals surface area contributed by atoms with E-state index in [-0.39, 0.29) is 149 Å². The Morgan fingerprint density at radius 3 is 0.872 bits per heavy atom. The monoisotopic (exact) mass is 1310 g/mol. The number of rotatable bonds is 35. The smallest absolute Gasteiger partial charge is 0.255 e. The summed E-state index contributed by atoms with van der Waals surface area (Å²) in [5, 5.41) is 19.3. The highest BCUT2D eigenvalue weighted by molar-refractivity contribution is 6.07. The number of methoxy groups -OCH3 is 4. The van der Waals surface area contributed by atoms with E-state index in [2.05, 4.69) is 37.2 Å². The van der Waals surface area contributed by atoms with Gasteiger partial charge in [-0.25, -0.2) is 0 Å². The molecule has 19 N–H and O–H groups in total. The van der Waals surface area contributed by atoms with Gasteiger partial charge in [0.25, 0.3) is 23.6 Å². The molecule has 0 bridgehead atoms. The molecule has 0 fully saturated rings. The molecule has 0 saturated heterocycles. The lowest BCUT2D eigenvalue weighted by atomic mass is 10.1. The average molecular weight is 1310 g/mol. The summed E-state index contributed by atoms with van der Waals surface area (Å²) < 4.78 is 21.7. The molecule has 86 heavy (non-hydrogen) atoms. The molecule has 0 aliphatic rings. The molecular formula is C56H84Cl5N13O12. The van der Waals surface area contributed by atoms with Gasteiger partial charge in [0, 0.05) is 22.7 Å². The third-order valence-corrected chi connectivity index (χ3v) is 12.9. The van der Waals surface area contributed by atoms with Crippen LogP contribution in [0, 0.1) is 0 Å². The number of primary amides is 1. The molecule has 4 rings (SSSR count). The lowest BCUT2D eigenvalue weighted by molar-refractivity contribution is -0.118. The minimum Gasteiger partial charge on any atom is -0.496 e. The van der Waals surface area contributed by atoms with Gasteiger partial charge in [0.2, 0.25) is 23.6 Å². The van der Waals surface area contributed by atoms with Crippen molar-refractivity contribution in [1.29, 1.82) is 0 Å². The van der Waals surface area contributed by atoms with Gasteiger partial charge in [0.15, 0.2) is 0 Å². The van der Waals surface area contributed by atoms with Gasteiger partial charge in [-0.1, -0.05) is 6.42 Å². The molecule has 0 saturated carbocycles. The Labute approximate surface area is 532 Å². The summed E-state index contributed by atoms with van der Waals surface area (Å²) in [6, 6.07) is 13.3. The quantitative estimate of drug-likeness (QED) is 0.0272. The number of amides is 8. The highest BCUT2D eigenvalue weighted by Gasteiger charge is 2.29. The van der Waals surface area contributed by atoms with Gasteiger partial charge in [-0.2, -0.15) is 0 Å². The summed E-state index contributed by atoms with van der Waals surface area (Å²) in [4.78, 5) is 109. The first-order valence-corrected chi connectivity index (χ1v) is 26.7. The number of ether oxygens (including phenoxy) is 4. The predicted molar refractivity (Wildman–Crippen MR) is 345 cm³/mol. The maximum absolute atomic E-state index is 14.2. The van der Waals surface area contributed by atoms with Crippen molar-refractivity contribution in [3.8, 4) is 23.0 Å². The Hall–Kier alpha value is -6.91. The van der Waals surface area contributed by atoms with Gasteiger partial charge in [-0.3, -0.25) is 38.4 Å². The van der Waals surface area contributed by atoms with Gasteiger partial charge in [0.05, 0.1) is 56.7 Å². The number of carbonyl (C=O) groups is 8. The number of nitrogens with one attached hydrogen (secondary N) is 7. The number of benzene rings is 4. The molecule has 0 aliphatic carbocycles. The second kappa shape index (κ2) is 42.8. The van der Waals surface area contributed by atoms with Crippen LogP contribution in [0.4, 0.5) is 22.7 Å². The fourth-order valence-electron chi connectivity index (χ4n) is 8.42. The Morgan fingerprint density at radius 2 is 0.616 bits per heavy atom. The number of halogens is 5. The minimum atomic E-state index is -1.17. The van der Waals surface area contributed by atoms with Crippen molar-refractivity contribution in [3.63, 3.8) is 0 Å². The third kappa shape index (κ3) is 25.2. The molecule has 0 aromatic heterocycles. The maximum atomic E-state index is 14.2. The van der Waals surface area contributed by atoms with E-state index in [1.54, 1.807) is 6.07 Å². The molecule has 4 aromatic carbocycles. The summed E-state index contributed by atoms with van der Waals surface area (Å²) in [5.41, 5.74) is 35.3. The van der Waals surface area contributed by atoms with Crippen molar-refractivity contribution in [1.82, 2.24) is 16.0 Å². The number of hydrogen-bond acceptors (Lipinski definition) is 17. The van der Waals surface area contributed by atoms with Gasteiger partial charge >= 0.3 is 0 Å². The first-order chi connectivity index (χ1) is 38.9. The zero-order chi connectivity index (χ0) is 59.4. The summed E-state index contributed by atoms with van der Waals surface area (Å²) in [6.45, 7) is 1.46. The largest absolute Gasteiger partial charge is 0.496 e. The predicted octanol–water partition coefficient (Wildman–Crippen LogP) is 4.92. The number of nitrogens with two attached hydrogens (primary N) is 6. The van der Waals surface area contributed by atoms with Crippen molar-refractivity contribution >= 4 is 132 Å². The lowest BCUT2D eigenvalue weighted by Gasteiger charge is -2.22. The van der Waals surface area contributed by atoms with Crippen molar-refractivity contribution in [3.05, 3.63) is 95.1 Å². The molecular weight excluding hydrogens is 1220 g/mol. The van der Waals surface area contributed by atoms with E-state index in [1.807, 2.05) is 0 Å². The van der Waals surface area contributed by atoms with Gasteiger partial charge in [-0.15, -0.1) is 62.0 Å². The van der Waals surface area contributed by atoms with Crippen LogP contribution in [0.15, 0.2) is 72.8 Å². The molecule has 0 unspecified atom stereocenters. The number of carbonyl (C=O) groups excluding carboxylic acids is 8. The standard InChI is InChI=1S/C56H79N13O12.5ClH/c1-78-45-21-17-33(29-37(45)49(62)70)64-54(75)42(14-6-10-26-58)67-51(72)39-31-35(19-23-47(39)80-3)66-56(77)44(16-8-12-28-60)69-52(73)40-32-36(20-24-48(40)81-4)65-55(76)43(15-7-11-27-59)68-50(71)38-30-34(18-22-46(38)79-2)63-53(74)41(61)13-5-9-25-57;;;;;/h17-24,29-32,41-44H,5-16,25-28,57-61H2,1-4H3,(H2,62,70)(H,63,74)(H,64,75)(H,65,76)(H,66,77)(H,67,72)(H,68,71)(H,69,73);5*1H/t41-,42+,43+,44+;;;;;/m0...../s1. The Balaban J connectivity index is 0. The van der Waals surface area contributed by atoms with Crippen LogP contribution in [0.3, 0.4) is 0 Å². The molecule has 8 amide bonds. The molecule has 0 aliphatic heterocycles. The average Bonchev–Trinajstić information content (AvgIpc) is 3.39. The van der Waals surface area contributed by atoms with Gasteiger partial charge in [-0.05, 0) is 170 Å². The number of anilines is 4. The van der Waals surface area contributed by atoms with E-state index in [4.69, 9.17) is 53.3 Å². The Morgan fingerprint density at radius 1 is 0.372 bits per heavy atom. The molecule has 4 aromatic rings. The van der Waals surface area contributed by atoms with Crippen LogP contribution >= 0.6 is 62.0 Å². The first-order valence-electron chi connectivity index (χ1n) is 26.7. The van der Waals surface area contributed by atoms with E-state index in [0.717, 1.165) is 0 Å². The molecule has 0 spiro atoms. The molecule has 25 nitrogen and oxygen atoms in total. The van der Waals surface area contributed by atoms with Crippen molar-refractivity contribution in [2.75, 3.05) is 75.9 Å². The number of unbranched alkanes of at least 4 members (excludes halogenated alkanes) is 4. The van der Waals surface area contributed by atoms with E-state index in [0.29, 0.717) is 84.0 Å². The molecule has 30 heteroatoms. The van der Waals surface area contributed by atoms with Gasteiger partial charge < -0.3 is 90.6 Å². The third-order valence-electron chi connectivity index (χ3n) is 12.9. The fraction of sp³-hybridized carbons (Fsp3) is 0.429. The summed E-state index contributed by atoms with van der Waals surface area (Å²) in [6.07, 6.45) is 5.28. The molecule has 0 radical (unpaired) electrons. The normalized spacial score (nSPS) is 11.6. The summed E-state index contributed by atoms with van der Waals surface area (Å²) >= 11 is 0. The second-order valence-electron chi connectivity index (χ2n) is 18.8. The van der Waals surface area contributed by atoms with E-state index >= 15 is 0 Å². The van der Waals surface area contributed by atoms with E-state index in [9.17, 15) is 38.4 Å². The summed E-state index contributed by atoms with van der Waals surface area (Å²) in [5.74, 6) is -4.64. The van der Waals surface area contributed by atoms with Crippen molar-refractivity contribution in [2.24, 2.45) is 34.4 Å². The fourth-order valence-corrected chi connectivity index (χ4v) is 8.42. The summed E-state index contributed by atoms with van der Waals surface area (Å²) in [7, 11) is 5.44. The first kappa shape index (κ1) is 81.2. The second-order valence-corrected chi connectivity index (χ2v) is 18.8. The molecule has 480 valence electrons. The molecule has 0 heterocycles. The SMILES string of the molecule is COc1ccc(NC(=O)[C@@H](CCCCN)NC(=O)c2cc(NC(=O)[C@@H](CCCCN)NC(=O)c3cc(NC(=O)[C@@H](CCCCN)NC(=O)c4cc(NC(=O)[C@@H](N)CCCCN)ccc4OC)ccc3OC)ccc2OC)cc1C(N)=O.Cl.Cl.Cl.Cl.Cl. The lowest BCUT2D eigenvalue weighted by Crippen LogP contribution is -2.44. The highest BCUT2D eigenvalue weighted by atomic mass is 35.5.